The van der Waals surface area contributed by atoms with Crippen molar-refractivity contribution in [1.82, 2.24) is 9.88 Å². The molecule has 5 nitrogen and oxygen atoms in total. The molecule has 2 aliphatic heterocycles. The molecular weight excluding hydrogens is 240 g/mol. The van der Waals surface area contributed by atoms with Crippen molar-refractivity contribution >= 4 is 5.82 Å². The second kappa shape index (κ2) is 5.86. The first kappa shape index (κ1) is 12.8. The van der Waals surface area contributed by atoms with E-state index in [2.05, 4.69) is 20.9 Å². The fourth-order valence-electron chi connectivity index (χ4n) is 2.95. The quantitative estimate of drug-likeness (QED) is 0.857. The van der Waals surface area contributed by atoms with Crippen LogP contribution in [0.2, 0.25) is 0 Å². The molecule has 3 rings (SSSR count). The minimum absolute atomic E-state index is 0.580. The molecule has 2 fully saturated rings. The molecule has 0 amide bonds. The number of ether oxygens (including phenoxy) is 1. The van der Waals surface area contributed by atoms with Gasteiger partial charge in [-0.25, -0.2) is 4.98 Å². The number of hydrogen-bond acceptors (Lipinski definition) is 5. The maximum atomic E-state index is 5.69. The van der Waals surface area contributed by atoms with Crippen LogP contribution >= 0.6 is 0 Å². The van der Waals surface area contributed by atoms with E-state index in [4.69, 9.17) is 10.5 Å². The minimum Gasteiger partial charge on any atom is -0.379 e. The zero-order valence-corrected chi connectivity index (χ0v) is 11.3. The zero-order valence-electron chi connectivity index (χ0n) is 11.3. The van der Waals surface area contributed by atoms with Crippen LogP contribution in [-0.4, -0.2) is 55.3 Å². The molecule has 2 N–H and O–H groups in total. The summed E-state index contributed by atoms with van der Waals surface area (Å²) in [5.74, 6) is 1.07. The van der Waals surface area contributed by atoms with E-state index in [1.54, 1.807) is 0 Å². The Hall–Kier alpha value is -1.17. The number of aromatic nitrogens is 1. The summed E-state index contributed by atoms with van der Waals surface area (Å²) in [6.45, 7) is 6.61. The number of pyridine rings is 1. The Morgan fingerprint density at radius 3 is 2.95 bits per heavy atom. The standard InChI is InChI=1S/C14H22N4O/c15-10-12-1-3-16-14(9-12)18-4-2-13(11-18)17-5-7-19-8-6-17/h1,3,9,13H,2,4-8,10-11,15H2. The van der Waals surface area contributed by atoms with E-state index in [1.807, 2.05) is 12.3 Å². The van der Waals surface area contributed by atoms with Crippen LogP contribution in [0, 0.1) is 0 Å². The monoisotopic (exact) mass is 262 g/mol. The highest BCUT2D eigenvalue weighted by atomic mass is 16.5. The Kier molecular flexibility index (Phi) is 3.96. The van der Waals surface area contributed by atoms with Crippen molar-refractivity contribution < 1.29 is 4.74 Å². The van der Waals surface area contributed by atoms with Crippen molar-refractivity contribution in [3.05, 3.63) is 23.9 Å². The first-order chi connectivity index (χ1) is 9.36. The van der Waals surface area contributed by atoms with Crippen molar-refractivity contribution in [1.29, 1.82) is 0 Å². The van der Waals surface area contributed by atoms with E-state index in [0.717, 1.165) is 50.8 Å². The molecular formula is C14H22N4O. The first-order valence-electron chi connectivity index (χ1n) is 7.08. The second-order valence-electron chi connectivity index (χ2n) is 5.26. The van der Waals surface area contributed by atoms with Crippen LogP contribution in [0.4, 0.5) is 5.82 Å². The molecule has 2 saturated heterocycles. The van der Waals surface area contributed by atoms with Crippen molar-refractivity contribution in [3.63, 3.8) is 0 Å². The Labute approximate surface area is 114 Å². The van der Waals surface area contributed by atoms with Crippen molar-refractivity contribution in [3.8, 4) is 0 Å². The van der Waals surface area contributed by atoms with Crippen LogP contribution in [0.25, 0.3) is 0 Å². The van der Waals surface area contributed by atoms with Gasteiger partial charge in [0.1, 0.15) is 5.82 Å². The number of rotatable bonds is 3. The Bertz CT molecular complexity index is 420. The Balaban J connectivity index is 1.64. The van der Waals surface area contributed by atoms with Gasteiger partial charge in [-0.15, -0.1) is 0 Å². The van der Waals surface area contributed by atoms with Crippen molar-refractivity contribution in [2.45, 2.75) is 19.0 Å². The molecule has 0 spiro atoms. The number of anilines is 1. The van der Waals surface area contributed by atoms with Crippen LogP contribution in [0.5, 0.6) is 0 Å². The molecule has 1 aromatic rings. The lowest BCUT2D eigenvalue weighted by molar-refractivity contribution is 0.0209. The summed E-state index contributed by atoms with van der Waals surface area (Å²) in [7, 11) is 0. The minimum atomic E-state index is 0.580. The van der Waals surface area contributed by atoms with Crippen molar-refractivity contribution in [2.24, 2.45) is 5.73 Å². The number of hydrogen-bond donors (Lipinski definition) is 1. The molecule has 1 atom stereocenters. The van der Waals surface area contributed by atoms with Gasteiger partial charge in [-0.1, -0.05) is 0 Å². The molecule has 104 valence electrons. The number of morpholine rings is 1. The van der Waals surface area contributed by atoms with Crippen LogP contribution in [-0.2, 0) is 11.3 Å². The third-order valence-electron chi connectivity index (χ3n) is 4.10. The van der Waals surface area contributed by atoms with Gasteiger partial charge < -0.3 is 15.4 Å². The fraction of sp³-hybridized carbons (Fsp3) is 0.643. The average Bonchev–Trinajstić information content (AvgIpc) is 2.98. The Morgan fingerprint density at radius 1 is 1.32 bits per heavy atom. The summed E-state index contributed by atoms with van der Waals surface area (Å²) in [4.78, 5) is 9.40. The summed E-state index contributed by atoms with van der Waals surface area (Å²) in [5, 5.41) is 0. The second-order valence-corrected chi connectivity index (χ2v) is 5.26. The molecule has 19 heavy (non-hydrogen) atoms. The van der Waals surface area contributed by atoms with Crippen molar-refractivity contribution in [2.75, 3.05) is 44.3 Å². The van der Waals surface area contributed by atoms with Gasteiger partial charge in [-0.05, 0) is 24.1 Å². The van der Waals surface area contributed by atoms with Crippen LogP contribution < -0.4 is 10.6 Å². The van der Waals surface area contributed by atoms with E-state index in [1.165, 1.54) is 6.42 Å². The molecule has 1 unspecified atom stereocenters. The van der Waals surface area contributed by atoms with Gasteiger partial charge >= 0.3 is 0 Å². The van der Waals surface area contributed by atoms with Gasteiger partial charge in [0.05, 0.1) is 13.2 Å². The summed E-state index contributed by atoms with van der Waals surface area (Å²) >= 11 is 0. The lowest BCUT2D eigenvalue weighted by Crippen LogP contribution is -2.44. The lowest BCUT2D eigenvalue weighted by Gasteiger charge is -2.32. The number of nitrogens with zero attached hydrogens (tertiary/aromatic N) is 3. The molecule has 5 heteroatoms. The average molecular weight is 262 g/mol. The van der Waals surface area contributed by atoms with Crippen LogP contribution in [0.1, 0.15) is 12.0 Å². The van der Waals surface area contributed by atoms with Gasteiger partial charge in [0.2, 0.25) is 0 Å². The third kappa shape index (κ3) is 2.88. The SMILES string of the molecule is NCc1ccnc(N2CCC(N3CCOCC3)C2)c1. The van der Waals surface area contributed by atoms with E-state index < -0.39 is 0 Å². The van der Waals surface area contributed by atoms with Gasteiger partial charge in [-0.3, -0.25) is 4.90 Å². The van der Waals surface area contributed by atoms with Gasteiger partial charge in [0.15, 0.2) is 0 Å². The topological polar surface area (TPSA) is 54.6 Å². The maximum absolute atomic E-state index is 5.69. The largest absolute Gasteiger partial charge is 0.379 e. The van der Waals surface area contributed by atoms with Crippen LogP contribution in [0.3, 0.4) is 0 Å². The molecule has 1 aromatic heterocycles. The van der Waals surface area contributed by atoms with Crippen LogP contribution in [0.15, 0.2) is 18.3 Å². The first-order valence-corrected chi connectivity index (χ1v) is 7.08. The van der Waals surface area contributed by atoms with E-state index >= 15 is 0 Å². The molecule has 0 radical (unpaired) electrons. The number of nitrogens with two attached hydrogens (primary N) is 1. The normalized spacial score (nSPS) is 24.9. The highest BCUT2D eigenvalue weighted by molar-refractivity contribution is 5.42. The lowest BCUT2D eigenvalue weighted by atomic mass is 10.2. The van der Waals surface area contributed by atoms with E-state index in [9.17, 15) is 0 Å². The highest BCUT2D eigenvalue weighted by Gasteiger charge is 2.29. The summed E-state index contributed by atoms with van der Waals surface area (Å²) < 4.78 is 5.42. The van der Waals surface area contributed by atoms with E-state index in [0.29, 0.717) is 12.6 Å². The molecule has 0 bridgehead atoms. The van der Waals surface area contributed by atoms with Gasteiger partial charge in [-0.2, -0.15) is 0 Å². The van der Waals surface area contributed by atoms with E-state index in [-0.39, 0.29) is 0 Å². The van der Waals surface area contributed by atoms with Gasteiger partial charge in [0.25, 0.3) is 0 Å². The smallest absolute Gasteiger partial charge is 0.128 e. The molecule has 0 aliphatic carbocycles. The summed E-state index contributed by atoms with van der Waals surface area (Å²) in [6, 6.07) is 4.74. The Morgan fingerprint density at radius 2 is 2.16 bits per heavy atom. The predicted octanol–water partition coefficient (Wildman–Crippen LogP) is 0.451. The molecule has 2 aliphatic rings. The fourth-order valence-corrected chi connectivity index (χ4v) is 2.95. The molecule has 0 aromatic carbocycles. The molecule has 3 heterocycles. The molecule has 0 saturated carbocycles. The summed E-state index contributed by atoms with van der Waals surface area (Å²) in [5.41, 5.74) is 6.85. The summed E-state index contributed by atoms with van der Waals surface area (Å²) in [6.07, 6.45) is 3.08. The third-order valence-corrected chi connectivity index (χ3v) is 4.10. The van der Waals surface area contributed by atoms with Gasteiger partial charge in [0, 0.05) is 45.0 Å². The predicted molar refractivity (Wildman–Crippen MR) is 75.1 cm³/mol. The highest BCUT2D eigenvalue weighted by Crippen LogP contribution is 2.22. The zero-order chi connectivity index (χ0) is 13.1. The maximum Gasteiger partial charge on any atom is 0.128 e.